The van der Waals surface area contributed by atoms with Crippen molar-refractivity contribution < 1.29 is 19.1 Å². The minimum Gasteiger partial charge on any atom is -0.507 e. The van der Waals surface area contributed by atoms with Gasteiger partial charge in [0.25, 0.3) is 0 Å². The Hall–Kier alpha value is -3.31. The number of hydrogen-bond donors (Lipinski definition) is 1. The third-order valence-corrected chi connectivity index (χ3v) is 6.69. The van der Waals surface area contributed by atoms with Gasteiger partial charge >= 0.3 is 5.97 Å². The normalized spacial score (nSPS) is 15.4. The number of phenolic OH excluding ortho intramolecular Hbond substituents is 1. The number of fused-ring (bicyclic) bond motifs is 3. The molecule has 1 N–H and O–H groups in total. The summed E-state index contributed by atoms with van der Waals surface area (Å²) in [5, 5.41) is 13.9. The topological polar surface area (TPSA) is 62.9 Å². The first-order valence-corrected chi connectivity index (χ1v) is 11.7. The summed E-state index contributed by atoms with van der Waals surface area (Å²) in [5.41, 5.74) is 4.00. The molecule has 1 fully saturated rings. The summed E-state index contributed by atoms with van der Waals surface area (Å²) in [6.45, 7) is 7.78. The van der Waals surface area contributed by atoms with Crippen LogP contribution in [0.25, 0.3) is 21.7 Å². The van der Waals surface area contributed by atoms with E-state index in [1.54, 1.807) is 13.8 Å². The Morgan fingerprint density at radius 2 is 1.73 bits per heavy atom. The fourth-order valence-corrected chi connectivity index (χ4v) is 5.17. The lowest BCUT2D eigenvalue weighted by atomic mass is 9.88. The average Bonchev–Trinajstić information content (AvgIpc) is 3.45. The van der Waals surface area contributed by atoms with Crippen LogP contribution >= 0.6 is 0 Å². The molecule has 0 spiro atoms. The van der Waals surface area contributed by atoms with Crippen LogP contribution in [0.3, 0.4) is 0 Å². The first-order chi connectivity index (χ1) is 16.0. The molecule has 1 aliphatic heterocycles. The molecule has 1 aromatic heterocycles. The third kappa shape index (κ3) is 3.57. The van der Waals surface area contributed by atoms with E-state index in [0.717, 1.165) is 42.3 Å². The fourth-order valence-electron chi connectivity index (χ4n) is 5.17. The highest BCUT2D eigenvalue weighted by molar-refractivity contribution is 6.16. The van der Waals surface area contributed by atoms with Crippen molar-refractivity contribution in [1.82, 2.24) is 4.90 Å². The Bertz CT molecular complexity index is 1330. The molecule has 5 nitrogen and oxygen atoms in total. The SMILES string of the molecule is CCOC(=O)c1c(C)oc2c1c([C@@H](c1ccc(C)cc1)N1CCCC1)c(O)c1ccccc12. The smallest absolute Gasteiger partial charge is 0.342 e. The van der Waals surface area contributed by atoms with Crippen molar-refractivity contribution in [2.45, 2.75) is 39.7 Å². The van der Waals surface area contributed by atoms with Crippen LogP contribution in [0.2, 0.25) is 0 Å². The summed E-state index contributed by atoms with van der Waals surface area (Å²) in [6, 6.07) is 15.9. The van der Waals surface area contributed by atoms with Crippen molar-refractivity contribution >= 4 is 27.7 Å². The van der Waals surface area contributed by atoms with E-state index in [0.29, 0.717) is 27.9 Å². The molecule has 4 aromatic rings. The van der Waals surface area contributed by atoms with E-state index in [-0.39, 0.29) is 18.4 Å². The van der Waals surface area contributed by atoms with Crippen LogP contribution in [0.4, 0.5) is 0 Å². The molecule has 33 heavy (non-hydrogen) atoms. The molecule has 0 saturated carbocycles. The van der Waals surface area contributed by atoms with Crippen LogP contribution < -0.4 is 0 Å². The summed E-state index contributed by atoms with van der Waals surface area (Å²) < 4.78 is 11.6. The Labute approximate surface area is 193 Å². The maximum absolute atomic E-state index is 13.1. The maximum Gasteiger partial charge on any atom is 0.342 e. The van der Waals surface area contributed by atoms with E-state index in [2.05, 4.69) is 36.1 Å². The Morgan fingerprint density at radius 1 is 1.06 bits per heavy atom. The van der Waals surface area contributed by atoms with Crippen LogP contribution in [-0.2, 0) is 4.74 Å². The number of esters is 1. The van der Waals surface area contributed by atoms with E-state index in [9.17, 15) is 9.90 Å². The number of rotatable bonds is 5. The van der Waals surface area contributed by atoms with Crippen molar-refractivity contribution in [3.05, 3.63) is 76.5 Å². The molecule has 0 amide bonds. The van der Waals surface area contributed by atoms with Crippen LogP contribution in [0.15, 0.2) is 52.9 Å². The van der Waals surface area contributed by atoms with Gasteiger partial charge in [0.05, 0.1) is 12.6 Å². The first-order valence-electron chi connectivity index (χ1n) is 11.7. The van der Waals surface area contributed by atoms with Crippen LogP contribution in [0.5, 0.6) is 5.75 Å². The molecule has 0 bridgehead atoms. The molecular weight excluding hydrogens is 414 g/mol. The molecule has 0 aliphatic carbocycles. The van der Waals surface area contributed by atoms with Gasteiger partial charge in [0, 0.05) is 21.7 Å². The van der Waals surface area contributed by atoms with Gasteiger partial charge in [-0.1, -0.05) is 54.1 Å². The summed E-state index contributed by atoms with van der Waals surface area (Å²) in [7, 11) is 0. The Morgan fingerprint density at radius 3 is 2.39 bits per heavy atom. The van der Waals surface area contributed by atoms with Gasteiger partial charge in [-0.15, -0.1) is 0 Å². The molecule has 5 rings (SSSR count). The number of aromatic hydroxyl groups is 1. The van der Waals surface area contributed by atoms with Crippen molar-refractivity contribution in [3.8, 4) is 5.75 Å². The van der Waals surface area contributed by atoms with Crippen molar-refractivity contribution in [1.29, 1.82) is 0 Å². The van der Waals surface area contributed by atoms with Gasteiger partial charge in [-0.3, -0.25) is 4.90 Å². The molecule has 0 radical (unpaired) electrons. The molecular formula is C28H29NO4. The summed E-state index contributed by atoms with van der Waals surface area (Å²) in [5.74, 6) is 0.278. The maximum atomic E-state index is 13.1. The number of carbonyl (C=O) groups excluding carboxylic acids is 1. The zero-order chi connectivity index (χ0) is 23.1. The van der Waals surface area contributed by atoms with E-state index in [4.69, 9.17) is 9.15 Å². The third-order valence-electron chi connectivity index (χ3n) is 6.69. The molecule has 170 valence electrons. The number of hydrogen-bond acceptors (Lipinski definition) is 5. The highest BCUT2D eigenvalue weighted by Crippen LogP contribution is 2.47. The van der Waals surface area contributed by atoms with Gasteiger partial charge in [-0.25, -0.2) is 4.79 Å². The summed E-state index contributed by atoms with van der Waals surface area (Å²) in [6.07, 6.45) is 2.21. The van der Waals surface area contributed by atoms with E-state index in [1.807, 2.05) is 24.3 Å². The number of ether oxygens (including phenoxy) is 1. The molecule has 1 saturated heterocycles. The standard InChI is InChI=1S/C28H29NO4/c1-4-32-28(31)22-18(3)33-27-21-10-6-5-9-20(21)26(30)24(23(22)27)25(29-15-7-8-16-29)19-13-11-17(2)12-14-19/h5-6,9-14,25,30H,4,7-8,15-16H2,1-3H3/t25-/m1/s1. The van der Waals surface area contributed by atoms with E-state index < -0.39 is 5.97 Å². The van der Waals surface area contributed by atoms with Gasteiger partial charge in [0.1, 0.15) is 22.7 Å². The second-order valence-corrected chi connectivity index (χ2v) is 8.82. The predicted octanol–water partition coefficient (Wildman–Crippen LogP) is 6.27. The predicted molar refractivity (Wildman–Crippen MR) is 130 cm³/mol. The number of phenols is 1. The van der Waals surface area contributed by atoms with E-state index in [1.165, 1.54) is 5.56 Å². The largest absolute Gasteiger partial charge is 0.507 e. The fraction of sp³-hybridized carbons (Fsp3) is 0.321. The lowest BCUT2D eigenvalue weighted by molar-refractivity contribution is 0.0526. The first kappa shape index (κ1) is 21.5. The highest BCUT2D eigenvalue weighted by Gasteiger charge is 2.34. The van der Waals surface area contributed by atoms with Crippen molar-refractivity contribution in [2.24, 2.45) is 0 Å². The zero-order valence-corrected chi connectivity index (χ0v) is 19.4. The number of aryl methyl sites for hydroxylation is 2. The number of likely N-dealkylation sites (tertiary alicyclic amines) is 1. The van der Waals surface area contributed by atoms with E-state index >= 15 is 0 Å². The molecule has 3 aromatic carbocycles. The number of nitrogens with zero attached hydrogens (tertiary/aromatic N) is 1. The summed E-state index contributed by atoms with van der Waals surface area (Å²) in [4.78, 5) is 15.5. The number of carbonyl (C=O) groups is 1. The molecule has 1 atom stereocenters. The van der Waals surface area contributed by atoms with Gasteiger partial charge in [0.15, 0.2) is 0 Å². The number of furan rings is 1. The van der Waals surface area contributed by atoms with Gasteiger partial charge in [-0.05, 0) is 52.3 Å². The lowest BCUT2D eigenvalue weighted by Gasteiger charge is -2.30. The van der Waals surface area contributed by atoms with Gasteiger partial charge in [-0.2, -0.15) is 0 Å². The second kappa shape index (κ2) is 8.56. The molecule has 2 heterocycles. The lowest BCUT2D eigenvalue weighted by Crippen LogP contribution is -2.27. The zero-order valence-electron chi connectivity index (χ0n) is 19.4. The number of benzene rings is 3. The minimum atomic E-state index is -0.422. The second-order valence-electron chi connectivity index (χ2n) is 8.82. The van der Waals surface area contributed by atoms with Crippen molar-refractivity contribution in [3.63, 3.8) is 0 Å². The van der Waals surface area contributed by atoms with Crippen LogP contribution in [0.1, 0.15) is 58.6 Å². The van der Waals surface area contributed by atoms with Crippen LogP contribution in [-0.4, -0.2) is 35.7 Å². The molecule has 5 heteroatoms. The quantitative estimate of drug-likeness (QED) is 0.368. The average molecular weight is 444 g/mol. The Kier molecular flexibility index (Phi) is 5.59. The molecule has 1 aliphatic rings. The molecule has 0 unspecified atom stereocenters. The highest BCUT2D eigenvalue weighted by atomic mass is 16.5. The van der Waals surface area contributed by atoms with Gasteiger partial charge < -0.3 is 14.3 Å². The monoisotopic (exact) mass is 443 g/mol. The minimum absolute atomic E-state index is 0.196. The van der Waals surface area contributed by atoms with Gasteiger partial charge in [0.2, 0.25) is 0 Å². The van der Waals surface area contributed by atoms with Crippen LogP contribution in [0, 0.1) is 13.8 Å². The van der Waals surface area contributed by atoms with Crippen molar-refractivity contribution in [2.75, 3.05) is 19.7 Å². The summed E-state index contributed by atoms with van der Waals surface area (Å²) >= 11 is 0. The Balaban J connectivity index is 1.90.